The smallest absolute Gasteiger partial charge is 0.170 e. The Morgan fingerprint density at radius 2 is 1.85 bits per heavy atom. The summed E-state index contributed by atoms with van der Waals surface area (Å²) in [4.78, 5) is 13.3. The van der Waals surface area contributed by atoms with Crippen molar-refractivity contribution < 1.29 is 0 Å². The molecule has 2 heterocycles. The van der Waals surface area contributed by atoms with Crippen LogP contribution in [0.5, 0.6) is 0 Å². The summed E-state index contributed by atoms with van der Waals surface area (Å²) >= 11 is 1.60. The lowest BCUT2D eigenvalue weighted by molar-refractivity contribution is 0.601. The van der Waals surface area contributed by atoms with Crippen LogP contribution in [0.1, 0.15) is 18.9 Å². The van der Waals surface area contributed by atoms with Crippen LogP contribution in [0.2, 0.25) is 0 Å². The Morgan fingerprint density at radius 3 is 2.50 bits per heavy atom. The number of thiazole rings is 1. The van der Waals surface area contributed by atoms with Crippen molar-refractivity contribution in [3.63, 3.8) is 0 Å². The molecule has 0 aliphatic carbocycles. The molecule has 0 amide bonds. The molecule has 1 aromatic carbocycles. The van der Waals surface area contributed by atoms with Crippen molar-refractivity contribution in [3.05, 3.63) is 40.8 Å². The van der Waals surface area contributed by atoms with Gasteiger partial charge in [0.15, 0.2) is 11.6 Å². The number of nitrogens with zero attached hydrogens (tertiary/aromatic N) is 3. The van der Waals surface area contributed by atoms with Crippen molar-refractivity contribution in [3.8, 4) is 0 Å². The van der Waals surface area contributed by atoms with Gasteiger partial charge in [0, 0.05) is 11.6 Å². The van der Waals surface area contributed by atoms with E-state index < -0.39 is 0 Å². The molecule has 5 nitrogen and oxygen atoms in total. The van der Waals surface area contributed by atoms with Crippen LogP contribution in [0, 0.1) is 0 Å². The van der Waals surface area contributed by atoms with Gasteiger partial charge in [0.1, 0.15) is 5.01 Å². The Balaban J connectivity index is 2.00. The summed E-state index contributed by atoms with van der Waals surface area (Å²) in [6.07, 6.45) is 1.79. The van der Waals surface area contributed by atoms with E-state index in [0.717, 1.165) is 16.0 Å². The van der Waals surface area contributed by atoms with E-state index in [1.54, 1.807) is 17.5 Å². The standard InChI is InChI=1S/C14H15N5S/c1-14(2,13-16-7-8-20-13)19-12-11(15)17-9-5-3-4-6-10(9)18-12/h3-8H,1-2H3,(H2,15,17)(H,18,19). The second-order valence-corrected chi connectivity index (χ2v) is 5.93. The van der Waals surface area contributed by atoms with Gasteiger partial charge in [0.25, 0.3) is 0 Å². The number of anilines is 2. The molecule has 0 unspecified atom stereocenters. The topological polar surface area (TPSA) is 76.7 Å². The van der Waals surface area contributed by atoms with Gasteiger partial charge in [-0.05, 0) is 26.0 Å². The molecule has 0 saturated carbocycles. The van der Waals surface area contributed by atoms with Crippen molar-refractivity contribution in [2.24, 2.45) is 0 Å². The van der Waals surface area contributed by atoms with Gasteiger partial charge in [0.2, 0.25) is 0 Å². The molecular formula is C14H15N5S. The number of benzene rings is 1. The molecular weight excluding hydrogens is 270 g/mol. The van der Waals surface area contributed by atoms with Crippen LogP contribution in [0.3, 0.4) is 0 Å². The first-order chi connectivity index (χ1) is 9.56. The largest absolute Gasteiger partial charge is 0.381 e. The van der Waals surface area contributed by atoms with Crippen molar-refractivity contribution >= 4 is 34.0 Å². The third-order valence-electron chi connectivity index (χ3n) is 3.00. The van der Waals surface area contributed by atoms with Crippen LogP contribution in [0.15, 0.2) is 35.8 Å². The summed E-state index contributed by atoms with van der Waals surface area (Å²) in [5, 5.41) is 6.26. The van der Waals surface area contributed by atoms with E-state index in [9.17, 15) is 0 Å². The predicted molar refractivity (Wildman–Crippen MR) is 82.7 cm³/mol. The van der Waals surface area contributed by atoms with Crippen molar-refractivity contribution in [2.45, 2.75) is 19.4 Å². The number of hydrogen-bond acceptors (Lipinski definition) is 6. The van der Waals surface area contributed by atoms with E-state index in [0.29, 0.717) is 11.6 Å². The molecule has 0 bridgehead atoms. The second kappa shape index (κ2) is 4.72. The van der Waals surface area contributed by atoms with Crippen molar-refractivity contribution in [1.29, 1.82) is 0 Å². The Bertz CT molecular complexity index is 736. The fraction of sp³-hybridized carbons (Fsp3) is 0.214. The molecule has 20 heavy (non-hydrogen) atoms. The molecule has 3 rings (SSSR count). The number of para-hydroxylation sites is 2. The highest BCUT2D eigenvalue weighted by molar-refractivity contribution is 7.09. The zero-order valence-electron chi connectivity index (χ0n) is 11.3. The first kappa shape index (κ1) is 12.8. The molecule has 6 heteroatoms. The molecule has 0 fully saturated rings. The van der Waals surface area contributed by atoms with Gasteiger partial charge in [-0.1, -0.05) is 12.1 Å². The third-order valence-corrected chi connectivity index (χ3v) is 4.09. The zero-order valence-corrected chi connectivity index (χ0v) is 12.1. The van der Waals surface area contributed by atoms with Gasteiger partial charge in [-0.2, -0.15) is 0 Å². The second-order valence-electron chi connectivity index (χ2n) is 5.03. The predicted octanol–water partition coefficient (Wildman–Crippen LogP) is 3.02. The maximum Gasteiger partial charge on any atom is 0.170 e. The van der Waals surface area contributed by atoms with Crippen LogP contribution in [0.4, 0.5) is 11.6 Å². The van der Waals surface area contributed by atoms with E-state index in [1.165, 1.54) is 0 Å². The molecule has 2 aromatic heterocycles. The third kappa shape index (κ3) is 2.30. The van der Waals surface area contributed by atoms with Gasteiger partial charge < -0.3 is 11.1 Å². The molecule has 102 valence electrons. The minimum atomic E-state index is -0.348. The summed E-state index contributed by atoms with van der Waals surface area (Å²) in [6, 6.07) is 7.67. The molecule has 0 spiro atoms. The van der Waals surface area contributed by atoms with Gasteiger partial charge in [-0.3, -0.25) is 0 Å². The van der Waals surface area contributed by atoms with Crippen molar-refractivity contribution in [1.82, 2.24) is 15.0 Å². The van der Waals surface area contributed by atoms with E-state index >= 15 is 0 Å². The SMILES string of the molecule is CC(C)(Nc1nc2ccccc2nc1N)c1nccs1. The Kier molecular flexibility index (Phi) is 3.02. The number of nitrogens with one attached hydrogen (secondary N) is 1. The molecule has 0 aliphatic heterocycles. The maximum absolute atomic E-state index is 5.99. The summed E-state index contributed by atoms with van der Waals surface area (Å²) in [6.45, 7) is 4.09. The minimum Gasteiger partial charge on any atom is -0.381 e. The Hall–Kier alpha value is -2.21. The Morgan fingerprint density at radius 1 is 1.15 bits per heavy atom. The van der Waals surface area contributed by atoms with Gasteiger partial charge in [-0.15, -0.1) is 11.3 Å². The molecule has 3 N–H and O–H groups in total. The van der Waals surface area contributed by atoms with Crippen LogP contribution in [0.25, 0.3) is 11.0 Å². The molecule has 3 aromatic rings. The lowest BCUT2D eigenvalue weighted by Crippen LogP contribution is -2.29. The molecule has 0 aliphatic rings. The highest BCUT2D eigenvalue weighted by atomic mass is 32.1. The summed E-state index contributed by atoms with van der Waals surface area (Å²) in [7, 11) is 0. The molecule has 0 saturated heterocycles. The molecule has 0 atom stereocenters. The average molecular weight is 285 g/mol. The Labute approximate surface area is 120 Å². The number of aromatic nitrogens is 3. The van der Waals surface area contributed by atoms with Crippen LogP contribution < -0.4 is 11.1 Å². The lowest BCUT2D eigenvalue weighted by atomic mass is 10.1. The quantitative estimate of drug-likeness (QED) is 0.773. The number of nitrogens with two attached hydrogens (primary N) is 1. The summed E-state index contributed by atoms with van der Waals surface area (Å²) in [5.74, 6) is 0.984. The average Bonchev–Trinajstić information content (AvgIpc) is 2.94. The van der Waals surface area contributed by atoms with E-state index in [2.05, 4.69) is 20.3 Å². The minimum absolute atomic E-state index is 0.348. The first-order valence-electron chi connectivity index (χ1n) is 6.27. The maximum atomic E-state index is 5.99. The monoisotopic (exact) mass is 285 g/mol. The molecule has 0 radical (unpaired) electrons. The lowest BCUT2D eigenvalue weighted by Gasteiger charge is -2.25. The fourth-order valence-electron chi connectivity index (χ4n) is 1.99. The van der Waals surface area contributed by atoms with Crippen LogP contribution >= 0.6 is 11.3 Å². The number of fused-ring (bicyclic) bond motifs is 1. The highest BCUT2D eigenvalue weighted by Crippen LogP contribution is 2.29. The van der Waals surface area contributed by atoms with E-state index in [-0.39, 0.29) is 5.54 Å². The highest BCUT2D eigenvalue weighted by Gasteiger charge is 2.24. The number of rotatable bonds is 3. The van der Waals surface area contributed by atoms with Crippen molar-refractivity contribution in [2.75, 3.05) is 11.1 Å². The fourth-order valence-corrected chi connectivity index (χ4v) is 2.71. The zero-order chi connectivity index (χ0) is 14.2. The van der Waals surface area contributed by atoms with Gasteiger partial charge >= 0.3 is 0 Å². The van der Waals surface area contributed by atoms with Crippen LogP contribution in [-0.2, 0) is 5.54 Å². The first-order valence-corrected chi connectivity index (χ1v) is 7.15. The number of nitrogen functional groups attached to an aromatic ring is 1. The van der Waals surface area contributed by atoms with E-state index in [1.807, 2.05) is 43.5 Å². The van der Waals surface area contributed by atoms with Gasteiger partial charge in [-0.25, -0.2) is 15.0 Å². The summed E-state index contributed by atoms with van der Waals surface area (Å²) < 4.78 is 0. The normalized spacial score (nSPS) is 11.7. The summed E-state index contributed by atoms with van der Waals surface area (Å²) in [5.41, 5.74) is 7.26. The van der Waals surface area contributed by atoms with Gasteiger partial charge in [0.05, 0.1) is 16.6 Å². The van der Waals surface area contributed by atoms with Crippen LogP contribution in [-0.4, -0.2) is 15.0 Å². The van der Waals surface area contributed by atoms with E-state index in [4.69, 9.17) is 5.73 Å². The number of hydrogen-bond donors (Lipinski definition) is 2.